The topological polar surface area (TPSA) is 67.9 Å². The molecule has 1 N–H and O–H groups in total. The monoisotopic (exact) mass is 420 g/mol. The molecule has 2 aromatic carbocycles. The Morgan fingerprint density at radius 1 is 1.10 bits per heavy atom. The molecule has 31 heavy (non-hydrogen) atoms. The first kappa shape index (κ1) is 21.0. The van der Waals surface area contributed by atoms with Gasteiger partial charge in [0.2, 0.25) is 0 Å². The summed E-state index contributed by atoms with van der Waals surface area (Å²) in [6.45, 7) is 4.25. The number of anilines is 2. The van der Waals surface area contributed by atoms with E-state index in [0.29, 0.717) is 12.0 Å². The van der Waals surface area contributed by atoms with Crippen molar-refractivity contribution >= 4 is 23.1 Å². The fourth-order valence-corrected chi connectivity index (χ4v) is 4.56. The summed E-state index contributed by atoms with van der Waals surface area (Å²) in [6, 6.07) is 15.1. The van der Waals surface area contributed by atoms with E-state index in [2.05, 4.69) is 19.2 Å². The summed E-state index contributed by atoms with van der Waals surface area (Å²) in [5, 5.41) is 3.53. The zero-order valence-electron chi connectivity index (χ0n) is 18.4. The van der Waals surface area contributed by atoms with Gasteiger partial charge >= 0.3 is 5.97 Å². The van der Waals surface area contributed by atoms with Gasteiger partial charge in [-0.1, -0.05) is 38.1 Å². The number of para-hydroxylation sites is 2. The van der Waals surface area contributed by atoms with Crippen LogP contribution in [0.4, 0.5) is 11.4 Å². The van der Waals surface area contributed by atoms with Gasteiger partial charge in [-0.15, -0.1) is 0 Å². The molecule has 6 nitrogen and oxygen atoms in total. The predicted molar refractivity (Wildman–Crippen MR) is 120 cm³/mol. The summed E-state index contributed by atoms with van der Waals surface area (Å²) in [6.07, 6.45) is 1.21. The molecule has 1 aliphatic carbocycles. The minimum atomic E-state index is -0.417. The van der Waals surface area contributed by atoms with Crippen molar-refractivity contribution in [2.24, 2.45) is 5.41 Å². The first-order chi connectivity index (χ1) is 14.8. The number of allylic oxidation sites excluding steroid dienone is 1. The number of hydrogen-bond donors (Lipinski definition) is 1. The van der Waals surface area contributed by atoms with Gasteiger partial charge < -0.3 is 19.7 Å². The van der Waals surface area contributed by atoms with E-state index in [4.69, 9.17) is 9.47 Å². The van der Waals surface area contributed by atoms with E-state index in [1.807, 2.05) is 53.4 Å². The minimum absolute atomic E-state index is 0.0271. The van der Waals surface area contributed by atoms with Crippen LogP contribution in [0.3, 0.4) is 0 Å². The van der Waals surface area contributed by atoms with Crippen molar-refractivity contribution in [1.29, 1.82) is 0 Å². The molecule has 0 bridgehead atoms. The fraction of sp³-hybridized carbons (Fsp3) is 0.360. The summed E-state index contributed by atoms with van der Waals surface area (Å²) in [7, 11) is 3.00. The molecule has 0 radical (unpaired) electrons. The quantitative estimate of drug-likeness (QED) is 0.736. The van der Waals surface area contributed by atoms with Gasteiger partial charge in [-0.25, -0.2) is 0 Å². The molecule has 0 aromatic heterocycles. The Balaban J connectivity index is 1.95. The third-order valence-electron chi connectivity index (χ3n) is 5.96. The van der Waals surface area contributed by atoms with Gasteiger partial charge in [0.1, 0.15) is 12.3 Å². The Kier molecular flexibility index (Phi) is 5.48. The molecule has 0 saturated heterocycles. The van der Waals surface area contributed by atoms with Crippen LogP contribution < -0.4 is 15.0 Å². The van der Waals surface area contributed by atoms with Crippen molar-refractivity contribution in [1.82, 2.24) is 0 Å². The second-order valence-electron chi connectivity index (χ2n) is 8.86. The third kappa shape index (κ3) is 4.02. The van der Waals surface area contributed by atoms with E-state index >= 15 is 0 Å². The van der Waals surface area contributed by atoms with Crippen LogP contribution >= 0.6 is 0 Å². The van der Waals surface area contributed by atoms with Gasteiger partial charge in [0.25, 0.3) is 0 Å². The van der Waals surface area contributed by atoms with Gasteiger partial charge in [-0.3, -0.25) is 9.59 Å². The normalized spacial score (nSPS) is 19.7. The van der Waals surface area contributed by atoms with Crippen molar-refractivity contribution in [3.8, 4) is 5.75 Å². The molecule has 2 aliphatic rings. The minimum Gasteiger partial charge on any atom is -0.497 e. The number of esters is 1. The number of methoxy groups -OCH3 is 2. The summed E-state index contributed by atoms with van der Waals surface area (Å²) in [5.74, 6) is 0.476. The van der Waals surface area contributed by atoms with Gasteiger partial charge in [-0.2, -0.15) is 0 Å². The highest BCUT2D eigenvalue weighted by atomic mass is 16.5. The van der Waals surface area contributed by atoms with Gasteiger partial charge in [0.05, 0.1) is 31.6 Å². The maximum absolute atomic E-state index is 13.5. The Labute approximate surface area is 182 Å². The number of Topliss-reactive ketones (excluding diaryl/α,β-unsaturated/α-hetero) is 1. The summed E-state index contributed by atoms with van der Waals surface area (Å²) in [4.78, 5) is 27.9. The van der Waals surface area contributed by atoms with E-state index in [1.165, 1.54) is 7.11 Å². The van der Waals surface area contributed by atoms with Crippen molar-refractivity contribution in [3.63, 3.8) is 0 Å². The summed E-state index contributed by atoms with van der Waals surface area (Å²) >= 11 is 0. The fourth-order valence-electron chi connectivity index (χ4n) is 4.56. The van der Waals surface area contributed by atoms with Gasteiger partial charge in [0.15, 0.2) is 5.78 Å². The van der Waals surface area contributed by atoms with Crippen molar-refractivity contribution in [2.75, 3.05) is 31.0 Å². The first-order valence-electron chi connectivity index (χ1n) is 10.4. The molecular formula is C25H28N2O4. The maximum atomic E-state index is 13.5. The number of fused-ring (bicyclic) bond motifs is 1. The molecule has 1 heterocycles. The van der Waals surface area contributed by atoms with Crippen molar-refractivity contribution in [2.45, 2.75) is 32.7 Å². The van der Waals surface area contributed by atoms with Crippen LogP contribution in [0, 0.1) is 5.41 Å². The second kappa shape index (κ2) is 8.10. The van der Waals surface area contributed by atoms with Crippen LogP contribution in [0.15, 0.2) is 59.8 Å². The lowest BCUT2D eigenvalue weighted by atomic mass is 9.73. The molecule has 0 unspecified atom stereocenters. The molecule has 0 spiro atoms. The van der Waals surface area contributed by atoms with E-state index in [9.17, 15) is 9.59 Å². The largest absolute Gasteiger partial charge is 0.497 e. The second-order valence-corrected chi connectivity index (χ2v) is 8.86. The predicted octanol–water partition coefficient (Wildman–Crippen LogP) is 4.48. The Bertz CT molecular complexity index is 1040. The molecule has 0 saturated carbocycles. The van der Waals surface area contributed by atoms with Crippen LogP contribution in [-0.2, 0) is 14.3 Å². The zero-order valence-corrected chi connectivity index (χ0v) is 18.4. The Morgan fingerprint density at radius 3 is 2.48 bits per heavy atom. The number of hydrogen-bond acceptors (Lipinski definition) is 6. The van der Waals surface area contributed by atoms with E-state index in [-0.39, 0.29) is 23.7 Å². The highest BCUT2D eigenvalue weighted by molar-refractivity contribution is 6.01. The molecule has 1 aliphatic heterocycles. The number of ether oxygens (including phenoxy) is 2. The van der Waals surface area contributed by atoms with E-state index < -0.39 is 6.04 Å². The van der Waals surface area contributed by atoms with Crippen LogP contribution in [0.2, 0.25) is 0 Å². The lowest BCUT2D eigenvalue weighted by Crippen LogP contribution is -2.39. The highest BCUT2D eigenvalue weighted by Gasteiger charge is 2.41. The van der Waals surface area contributed by atoms with Crippen molar-refractivity contribution < 1.29 is 19.1 Å². The lowest BCUT2D eigenvalue weighted by Gasteiger charge is -2.37. The van der Waals surface area contributed by atoms with Crippen LogP contribution in [0.1, 0.15) is 38.3 Å². The van der Waals surface area contributed by atoms with Crippen LogP contribution in [0.25, 0.3) is 0 Å². The van der Waals surface area contributed by atoms with Gasteiger partial charge in [-0.05, 0) is 41.7 Å². The lowest BCUT2D eigenvalue weighted by molar-refractivity contribution is -0.139. The maximum Gasteiger partial charge on any atom is 0.325 e. The SMILES string of the molecule is COC(=O)CN1c2ccccc2NC2=C(C(=O)CC(C)(C)C2)[C@H]1c1ccc(OC)cc1. The number of benzene rings is 2. The number of rotatable bonds is 4. The average molecular weight is 421 g/mol. The molecule has 2 aromatic rings. The van der Waals surface area contributed by atoms with E-state index in [0.717, 1.165) is 34.8 Å². The molecule has 162 valence electrons. The van der Waals surface area contributed by atoms with Crippen LogP contribution in [0.5, 0.6) is 5.75 Å². The molecular weight excluding hydrogens is 392 g/mol. The summed E-state index contributed by atoms with van der Waals surface area (Å²) < 4.78 is 10.3. The molecule has 0 amide bonds. The number of carbonyl (C=O) groups is 2. The first-order valence-corrected chi connectivity index (χ1v) is 10.4. The smallest absolute Gasteiger partial charge is 0.325 e. The number of carbonyl (C=O) groups excluding carboxylic acids is 2. The van der Waals surface area contributed by atoms with Crippen molar-refractivity contribution in [3.05, 3.63) is 65.4 Å². The molecule has 1 atom stereocenters. The summed E-state index contributed by atoms with van der Waals surface area (Å²) in [5.41, 5.74) is 4.14. The Hall–Kier alpha value is -3.28. The number of ketones is 1. The average Bonchev–Trinajstić information content (AvgIpc) is 2.87. The Morgan fingerprint density at radius 2 is 1.81 bits per heavy atom. The third-order valence-corrected chi connectivity index (χ3v) is 5.96. The van der Waals surface area contributed by atoms with Crippen LogP contribution in [-0.4, -0.2) is 32.5 Å². The van der Waals surface area contributed by atoms with E-state index in [1.54, 1.807) is 7.11 Å². The van der Waals surface area contributed by atoms with Gasteiger partial charge in [0, 0.05) is 17.7 Å². The molecule has 0 fully saturated rings. The highest BCUT2D eigenvalue weighted by Crippen LogP contribution is 2.48. The zero-order chi connectivity index (χ0) is 22.2. The standard InChI is InChI=1S/C25H28N2O4/c1-25(2)13-19-23(21(28)14-25)24(16-9-11-17(30-3)12-10-16)27(15-22(29)31-4)20-8-6-5-7-18(20)26-19/h5-12,24,26H,13-15H2,1-4H3/t24-/m1/s1. The number of nitrogens with zero attached hydrogens (tertiary/aromatic N) is 1. The molecule has 4 rings (SSSR count). The number of nitrogens with one attached hydrogen (secondary N) is 1. The molecule has 6 heteroatoms.